The van der Waals surface area contributed by atoms with Crippen LogP contribution in [-0.2, 0) is 59.1 Å². The molecule has 1 heterocycles. The maximum Gasteiger partial charge on any atom is 0.268 e. The molecule has 6 atom stereocenters. The van der Waals surface area contributed by atoms with Gasteiger partial charge in [-0.25, -0.2) is 12.4 Å². The third-order valence-electron chi connectivity index (χ3n) is 11.3. The number of para-hydroxylation sites is 1. The molecule has 1 aliphatic rings. The largest absolute Gasteiger partial charge is 0.387 e. The van der Waals surface area contributed by atoms with Gasteiger partial charge < -0.3 is 28.8 Å². The van der Waals surface area contributed by atoms with Gasteiger partial charge in [0.15, 0.2) is 5.60 Å². The number of aliphatic hydroxyl groups excluding tert-OH is 1. The van der Waals surface area contributed by atoms with Crippen LogP contribution in [0.5, 0.6) is 0 Å². The fourth-order valence-corrected chi connectivity index (χ4v) is 9.74. The number of ether oxygens (including phenoxy) is 5. The summed E-state index contributed by atoms with van der Waals surface area (Å²) in [5.74, 6) is 0. The molecule has 60 heavy (non-hydrogen) atoms. The van der Waals surface area contributed by atoms with Crippen LogP contribution in [0.25, 0.3) is 10.9 Å². The van der Waals surface area contributed by atoms with Crippen molar-refractivity contribution in [2.45, 2.75) is 107 Å². The van der Waals surface area contributed by atoms with E-state index in [9.17, 15) is 13.5 Å². The molecule has 1 fully saturated rings. The van der Waals surface area contributed by atoms with E-state index in [0.29, 0.717) is 23.1 Å². The minimum absolute atomic E-state index is 0.131. The zero-order chi connectivity index (χ0) is 41.8. The van der Waals surface area contributed by atoms with E-state index in [-0.39, 0.29) is 31.3 Å². The van der Waals surface area contributed by atoms with E-state index in [1.54, 1.807) is 48.7 Å². The van der Waals surface area contributed by atoms with Crippen molar-refractivity contribution in [1.82, 2.24) is 3.97 Å². The van der Waals surface area contributed by atoms with Crippen LogP contribution in [0.3, 0.4) is 0 Å². The Kier molecular flexibility index (Phi) is 15.0. The normalized spacial score (nSPS) is 21.9. The Balaban J connectivity index is 1.43. The summed E-state index contributed by atoms with van der Waals surface area (Å²) in [7, 11) is -4.11. The number of hydrogen-bond acceptors (Lipinski definition) is 8. The van der Waals surface area contributed by atoms with E-state index in [2.05, 4.69) is 6.92 Å². The van der Waals surface area contributed by atoms with Crippen LogP contribution in [0.1, 0.15) is 68.2 Å². The Bertz CT molecular complexity index is 2310. The van der Waals surface area contributed by atoms with Crippen molar-refractivity contribution in [2.24, 2.45) is 0 Å². The average Bonchev–Trinajstić information content (AvgIpc) is 3.69. The lowest BCUT2D eigenvalue weighted by Crippen LogP contribution is -2.71. The summed E-state index contributed by atoms with van der Waals surface area (Å²) in [6, 6.07) is 45.2. The molecular formula is C50H57NO8S. The van der Waals surface area contributed by atoms with Crippen molar-refractivity contribution in [3.05, 3.63) is 174 Å². The molecule has 6 aromatic rings. The van der Waals surface area contributed by atoms with Gasteiger partial charge in [0.2, 0.25) is 0 Å². The van der Waals surface area contributed by atoms with Gasteiger partial charge in [-0.05, 0) is 48.2 Å². The van der Waals surface area contributed by atoms with E-state index in [0.717, 1.165) is 48.8 Å². The fraction of sp³-hybridized carbons (Fsp3) is 0.360. The molecular weight excluding hydrogens is 775 g/mol. The number of fused-ring (bicyclic) bond motifs is 1. The molecule has 0 amide bonds. The lowest BCUT2D eigenvalue weighted by molar-refractivity contribution is -0.321. The fourth-order valence-electron chi connectivity index (χ4n) is 8.35. The van der Waals surface area contributed by atoms with Gasteiger partial charge in [0, 0.05) is 30.4 Å². The second-order valence-electron chi connectivity index (χ2n) is 15.3. The van der Waals surface area contributed by atoms with Gasteiger partial charge in [-0.2, -0.15) is 0 Å². The van der Waals surface area contributed by atoms with Gasteiger partial charge in [-0.1, -0.05) is 160 Å². The molecule has 9 nitrogen and oxygen atoms in total. The molecule has 6 unspecified atom stereocenters. The first-order valence-electron chi connectivity index (χ1n) is 21.2. The predicted molar refractivity (Wildman–Crippen MR) is 234 cm³/mol. The van der Waals surface area contributed by atoms with Crippen molar-refractivity contribution in [2.75, 3.05) is 13.2 Å². The molecule has 0 radical (unpaired) electrons. The molecule has 0 spiro atoms. The minimum atomic E-state index is -4.11. The van der Waals surface area contributed by atoms with Crippen LogP contribution < -0.4 is 0 Å². The van der Waals surface area contributed by atoms with Crippen LogP contribution >= 0.6 is 0 Å². The smallest absolute Gasteiger partial charge is 0.268 e. The lowest BCUT2D eigenvalue weighted by Gasteiger charge is -2.55. The summed E-state index contributed by atoms with van der Waals surface area (Å²) < 4.78 is 65.2. The first-order chi connectivity index (χ1) is 29.4. The Labute approximate surface area is 354 Å². The highest BCUT2D eigenvalue weighted by atomic mass is 32.2. The first-order valence-corrected chi connectivity index (χ1v) is 22.6. The van der Waals surface area contributed by atoms with Crippen LogP contribution in [0, 0.1) is 0 Å². The van der Waals surface area contributed by atoms with Gasteiger partial charge in [-0.3, -0.25) is 0 Å². The Morgan fingerprint density at radius 3 is 1.68 bits per heavy atom. The van der Waals surface area contributed by atoms with Crippen molar-refractivity contribution in [1.29, 1.82) is 0 Å². The zero-order valence-corrected chi connectivity index (χ0v) is 35.4. The zero-order valence-electron chi connectivity index (χ0n) is 34.6. The summed E-state index contributed by atoms with van der Waals surface area (Å²) >= 11 is 0. The molecule has 1 aliphatic carbocycles. The third kappa shape index (κ3) is 9.61. The van der Waals surface area contributed by atoms with Crippen LogP contribution in [0.4, 0.5) is 0 Å². The Morgan fingerprint density at radius 2 is 1.10 bits per heavy atom. The van der Waals surface area contributed by atoms with Crippen LogP contribution in [-0.4, -0.2) is 61.2 Å². The second-order valence-corrected chi connectivity index (χ2v) is 17.1. The average molecular weight is 832 g/mol. The van der Waals surface area contributed by atoms with Crippen molar-refractivity contribution in [3.8, 4) is 0 Å². The molecule has 0 aliphatic heterocycles. The molecule has 7 rings (SSSR count). The van der Waals surface area contributed by atoms with Gasteiger partial charge in [0.1, 0.15) is 30.5 Å². The number of nitrogens with zero attached hydrogens (tertiary/aromatic N) is 1. The summed E-state index contributed by atoms with van der Waals surface area (Å²) in [4.78, 5) is 0.131. The van der Waals surface area contributed by atoms with E-state index < -0.39 is 46.1 Å². The minimum Gasteiger partial charge on any atom is -0.387 e. The Morgan fingerprint density at radius 1 is 0.583 bits per heavy atom. The number of unbranched alkanes of at least 4 members (excludes halogenated alkanes) is 4. The molecule has 5 aromatic carbocycles. The highest BCUT2D eigenvalue weighted by Crippen LogP contribution is 2.49. The molecule has 1 aromatic heterocycles. The summed E-state index contributed by atoms with van der Waals surface area (Å²) in [5.41, 5.74) is 1.94. The number of aromatic nitrogens is 1. The van der Waals surface area contributed by atoms with E-state index in [1.165, 1.54) is 3.97 Å². The number of aliphatic hydroxyl groups is 1. The quantitative estimate of drug-likeness (QED) is 0.0716. The molecule has 1 saturated carbocycles. The van der Waals surface area contributed by atoms with Crippen molar-refractivity contribution in [3.63, 3.8) is 0 Å². The maximum atomic E-state index is 14.5. The van der Waals surface area contributed by atoms with Gasteiger partial charge in [0.05, 0.1) is 30.2 Å². The summed E-state index contributed by atoms with van der Waals surface area (Å²) in [5, 5.41) is 13.9. The van der Waals surface area contributed by atoms with Gasteiger partial charge >= 0.3 is 0 Å². The monoisotopic (exact) mass is 831 g/mol. The number of hydrogen-bond donors (Lipinski definition) is 1. The highest BCUT2D eigenvalue weighted by molar-refractivity contribution is 7.90. The Hall–Kier alpha value is -4.65. The number of rotatable bonds is 21. The molecule has 0 saturated heterocycles. The number of benzene rings is 5. The highest BCUT2D eigenvalue weighted by Gasteiger charge is 2.64. The molecule has 10 heteroatoms. The van der Waals surface area contributed by atoms with Gasteiger partial charge in [-0.15, -0.1) is 0 Å². The molecule has 316 valence electrons. The topological polar surface area (TPSA) is 105 Å². The standard InChI is InChI=1S/C50H57NO8S/c1-3-5-6-7-22-33-55-46-45(56-35-38-23-12-8-13-24-38)47(57-36-39-25-14-9-15-26-39)49(58-37-40-27-16-10-17-28-40)50(48(46)52,59-4-2)43-34-51(44-32-21-20-31-42(43)44)60(53,54)41-29-18-11-19-30-41/h8-21,23-32,34,45-49,52H,3-7,22,33,35-37H2,1-2H3. The maximum absolute atomic E-state index is 14.5. The first kappa shape index (κ1) is 43.4. The summed E-state index contributed by atoms with van der Waals surface area (Å²) in [6.45, 7) is 5.14. The summed E-state index contributed by atoms with van der Waals surface area (Å²) in [6.07, 6.45) is 1.53. The van der Waals surface area contributed by atoms with Crippen LogP contribution in [0.2, 0.25) is 0 Å². The van der Waals surface area contributed by atoms with Crippen molar-refractivity contribution >= 4 is 20.9 Å². The molecule has 1 N–H and O–H groups in total. The van der Waals surface area contributed by atoms with Crippen molar-refractivity contribution < 1.29 is 37.2 Å². The third-order valence-corrected chi connectivity index (χ3v) is 13.0. The lowest BCUT2D eigenvalue weighted by atomic mass is 9.70. The predicted octanol–water partition coefficient (Wildman–Crippen LogP) is 9.60. The van der Waals surface area contributed by atoms with Gasteiger partial charge in [0.25, 0.3) is 10.0 Å². The van der Waals surface area contributed by atoms with E-state index in [4.69, 9.17) is 23.7 Å². The van der Waals surface area contributed by atoms with E-state index >= 15 is 0 Å². The van der Waals surface area contributed by atoms with E-state index in [1.807, 2.05) is 110 Å². The molecule has 0 bridgehead atoms. The second kappa shape index (κ2) is 20.7. The van der Waals surface area contributed by atoms with Crippen LogP contribution in [0.15, 0.2) is 157 Å². The SMILES string of the molecule is CCCCCCCOC1C(OCc2ccccc2)C(OCc2ccccc2)C(OCc2ccccc2)C(OCC)(c2cn(S(=O)(=O)c3ccccc3)c3ccccc23)C1O.